The van der Waals surface area contributed by atoms with Crippen molar-refractivity contribution >= 4 is 17.7 Å². The van der Waals surface area contributed by atoms with E-state index in [0.29, 0.717) is 19.8 Å². The number of anilines is 1. The number of methoxy groups -OCH3 is 1. The number of rotatable bonds is 8. The normalized spacial score (nSPS) is 14.0. The molecule has 0 radical (unpaired) electrons. The molecule has 0 aliphatic carbocycles. The van der Waals surface area contributed by atoms with Crippen LogP contribution >= 0.6 is 11.8 Å². The molecule has 152 valence electrons. The maximum absolute atomic E-state index is 5.84. The molecule has 1 fully saturated rings. The summed E-state index contributed by atoms with van der Waals surface area (Å²) in [4.78, 5) is 2.22. The summed E-state index contributed by atoms with van der Waals surface area (Å²) in [6.07, 6.45) is 0. The predicted octanol–water partition coefficient (Wildman–Crippen LogP) is 3.28. The fourth-order valence-corrected chi connectivity index (χ4v) is 3.86. The summed E-state index contributed by atoms with van der Waals surface area (Å²) in [6.45, 7) is 3.62. The van der Waals surface area contributed by atoms with Crippen LogP contribution in [0.3, 0.4) is 0 Å². The van der Waals surface area contributed by atoms with Gasteiger partial charge in [0, 0.05) is 18.8 Å². The highest BCUT2D eigenvalue weighted by Gasteiger charge is 2.21. The zero-order valence-corrected chi connectivity index (χ0v) is 17.2. The molecule has 0 unspecified atom stereocenters. The molecule has 0 N–H and O–H groups in total. The maximum atomic E-state index is 5.84. The Morgan fingerprint density at radius 3 is 2.41 bits per heavy atom. The smallest absolute Gasteiger partial charge is 0.232 e. The number of ether oxygens (including phenoxy) is 3. The lowest BCUT2D eigenvalue weighted by molar-refractivity contribution is 0.122. The second-order valence-corrected chi connectivity index (χ2v) is 7.49. The minimum absolute atomic E-state index is 0.575. The van der Waals surface area contributed by atoms with E-state index in [1.807, 2.05) is 42.5 Å². The summed E-state index contributed by atoms with van der Waals surface area (Å²) in [7, 11) is 1.65. The Balaban J connectivity index is 1.44. The quantitative estimate of drug-likeness (QED) is 0.416. The van der Waals surface area contributed by atoms with E-state index < -0.39 is 0 Å². The summed E-state index contributed by atoms with van der Waals surface area (Å²) in [6, 6.07) is 17.8. The Labute approximate surface area is 174 Å². The molecule has 0 bridgehead atoms. The average Bonchev–Trinajstić information content (AvgIpc) is 3.22. The summed E-state index contributed by atoms with van der Waals surface area (Å²) < 4.78 is 18.6. The third-order valence-electron chi connectivity index (χ3n) is 4.57. The van der Waals surface area contributed by atoms with E-state index in [9.17, 15) is 0 Å². The number of aromatic nitrogens is 3. The van der Waals surface area contributed by atoms with Gasteiger partial charge in [-0.2, -0.15) is 0 Å². The van der Waals surface area contributed by atoms with E-state index in [4.69, 9.17) is 14.2 Å². The summed E-state index contributed by atoms with van der Waals surface area (Å²) in [5, 5.41) is 9.79. The second-order valence-electron chi connectivity index (χ2n) is 6.43. The van der Waals surface area contributed by atoms with Gasteiger partial charge in [0.25, 0.3) is 0 Å². The van der Waals surface area contributed by atoms with Crippen molar-refractivity contribution in [1.82, 2.24) is 14.8 Å². The standard InChI is InChI=1S/C21H24N4O3S/c1-26-18-7-9-19(10-8-18)28-15-16-29-21-23-22-20(24-11-13-27-14-12-24)25(21)17-5-3-2-4-6-17/h2-10H,11-16H2,1H3. The van der Waals surface area contributed by atoms with Crippen LogP contribution in [0.5, 0.6) is 11.5 Å². The van der Waals surface area contributed by atoms with E-state index >= 15 is 0 Å². The Morgan fingerprint density at radius 2 is 1.69 bits per heavy atom. The molecule has 0 saturated carbocycles. The van der Waals surface area contributed by atoms with Crippen LogP contribution in [0.2, 0.25) is 0 Å². The summed E-state index contributed by atoms with van der Waals surface area (Å²) >= 11 is 1.64. The molecule has 2 aromatic carbocycles. The fraction of sp³-hybridized carbons (Fsp3) is 0.333. The van der Waals surface area contributed by atoms with Crippen LogP contribution < -0.4 is 14.4 Å². The van der Waals surface area contributed by atoms with Crippen molar-refractivity contribution in [2.45, 2.75) is 5.16 Å². The topological polar surface area (TPSA) is 61.6 Å². The lowest BCUT2D eigenvalue weighted by atomic mass is 10.3. The Bertz CT molecular complexity index is 896. The first-order valence-electron chi connectivity index (χ1n) is 9.58. The van der Waals surface area contributed by atoms with Gasteiger partial charge in [0.1, 0.15) is 11.5 Å². The number of para-hydroxylation sites is 1. The van der Waals surface area contributed by atoms with Crippen molar-refractivity contribution in [3.8, 4) is 17.2 Å². The van der Waals surface area contributed by atoms with Gasteiger partial charge in [-0.25, -0.2) is 0 Å². The van der Waals surface area contributed by atoms with Crippen molar-refractivity contribution in [2.75, 3.05) is 50.7 Å². The molecule has 0 spiro atoms. The second kappa shape index (κ2) is 9.67. The van der Waals surface area contributed by atoms with Gasteiger partial charge < -0.3 is 19.1 Å². The van der Waals surface area contributed by atoms with Gasteiger partial charge in [-0.1, -0.05) is 30.0 Å². The van der Waals surface area contributed by atoms with Crippen molar-refractivity contribution < 1.29 is 14.2 Å². The molecular weight excluding hydrogens is 388 g/mol. The van der Waals surface area contributed by atoms with Crippen LogP contribution in [0.4, 0.5) is 5.95 Å². The molecule has 1 saturated heterocycles. The highest BCUT2D eigenvalue weighted by molar-refractivity contribution is 7.99. The van der Waals surface area contributed by atoms with Crippen LogP contribution in [-0.4, -0.2) is 60.5 Å². The van der Waals surface area contributed by atoms with E-state index in [1.165, 1.54) is 0 Å². The molecule has 2 heterocycles. The lowest BCUT2D eigenvalue weighted by Crippen LogP contribution is -2.37. The molecule has 0 amide bonds. The summed E-state index contributed by atoms with van der Waals surface area (Å²) in [5.74, 6) is 3.27. The number of hydrogen-bond acceptors (Lipinski definition) is 7. The van der Waals surface area contributed by atoms with Crippen molar-refractivity contribution in [1.29, 1.82) is 0 Å². The van der Waals surface area contributed by atoms with Crippen LogP contribution in [0.25, 0.3) is 5.69 Å². The number of morpholine rings is 1. The van der Waals surface area contributed by atoms with Crippen molar-refractivity contribution in [3.05, 3.63) is 54.6 Å². The first kappa shape index (κ1) is 19.6. The van der Waals surface area contributed by atoms with Gasteiger partial charge in [0.05, 0.1) is 32.6 Å². The molecule has 7 nitrogen and oxygen atoms in total. The zero-order valence-electron chi connectivity index (χ0n) is 16.4. The van der Waals surface area contributed by atoms with E-state index in [2.05, 4.69) is 31.8 Å². The van der Waals surface area contributed by atoms with Gasteiger partial charge >= 0.3 is 0 Å². The van der Waals surface area contributed by atoms with Gasteiger partial charge in [-0.05, 0) is 36.4 Å². The fourth-order valence-electron chi connectivity index (χ4n) is 3.09. The van der Waals surface area contributed by atoms with Gasteiger partial charge in [-0.15, -0.1) is 10.2 Å². The molecule has 0 atom stereocenters. The third-order valence-corrected chi connectivity index (χ3v) is 5.46. The number of nitrogens with zero attached hydrogens (tertiary/aromatic N) is 4. The maximum Gasteiger partial charge on any atom is 0.232 e. The molecule has 1 aliphatic heterocycles. The summed E-state index contributed by atoms with van der Waals surface area (Å²) in [5.41, 5.74) is 1.05. The highest BCUT2D eigenvalue weighted by atomic mass is 32.2. The SMILES string of the molecule is COc1ccc(OCCSc2nnc(N3CCOCC3)n2-c2ccccc2)cc1. The molecular formula is C21H24N4O3S. The van der Waals surface area contributed by atoms with E-state index in [1.54, 1.807) is 18.9 Å². The van der Waals surface area contributed by atoms with Crippen LogP contribution in [0, 0.1) is 0 Å². The molecule has 1 aromatic heterocycles. The van der Waals surface area contributed by atoms with Crippen LogP contribution in [0.1, 0.15) is 0 Å². The number of hydrogen-bond donors (Lipinski definition) is 0. The van der Waals surface area contributed by atoms with Crippen molar-refractivity contribution in [3.63, 3.8) is 0 Å². The highest BCUT2D eigenvalue weighted by Crippen LogP contribution is 2.27. The largest absolute Gasteiger partial charge is 0.497 e. The van der Waals surface area contributed by atoms with E-state index in [-0.39, 0.29) is 0 Å². The third kappa shape index (κ3) is 4.83. The average molecular weight is 413 g/mol. The van der Waals surface area contributed by atoms with Gasteiger partial charge in [-0.3, -0.25) is 4.57 Å². The molecule has 4 rings (SSSR count). The lowest BCUT2D eigenvalue weighted by Gasteiger charge is -2.27. The number of benzene rings is 2. The number of thioether (sulfide) groups is 1. The predicted molar refractivity (Wildman–Crippen MR) is 114 cm³/mol. The molecule has 1 aliphatic rings. The van der Waals surface area contributed by atoms with Crippen LogP contribution in [-0.2, 0) is 4.74 Å². The minimum Gasteiger partial charge on any atom is -0.497 e. The zero-order chi connectivity index (χ0) is 19.9. The minimum atomic E-state index is 0.575. The van der Waals surface area contributed by atoms with Gasteiger partial charge in [0.2, 0.25) is 5.95 Å². The van der Waals surface area contributed by atoms with Crippen molar-refractivity contribution in [2.24, 2.45) is 0 Å². The van der Waals surface area contributed by atoms with Gasteiger partial charge in [0.15, 0.2) is 5.16 Å². The monoisotopic (exact) mass is 412 g/mol. The molecule has 8 heteroatoms. The first-order chi connectivity index (χ1) is 14.3. The first-order valence-corrected chi connectivity index (χ1v) is 10.6. The molecule has 29 heavy (non-hydrogen) atoms. The Morgan fingerprint density at radius 1 is 0.966 bits per heavy atom. The Hall–Kier alpha value is -2.71. The Kier molecular flexibility index (Phi) is 6.53. The molecule has 3 aromatic rings. The van der Waals surface area contributed by atoms with E-state index in [0.717, 1.165) is 47.1 Å². The van der Waals surface area contributed by atoms with Crippen LogP contribution in [0.15, 0.2) is 59.8 Å².